The van der Waals surface area contributed by atoms with Crippen molar-refractivity contribution < 1.29 is 23.8 Å². The molecule has 43 heavy (non-hydrogen) atoms. The molecule has 0 aliphatic heterocycles. The van der Waals surface area contributed by atoms with Crippen LogP contribution in [0.5, 0.6) is 11.5 Å². The van der Waals surface area contributed by atoms with Crippen LogP contribution in [0.1, 0.15) is 45.7 Å². The smallest absolute Gasteiger partial charge is 0.185 e. The molecule has 216 valence electrons. The molecule has 0 bridgehead atoms. The molecule has 0 aliphatic carbocycles. The lowest BCUT2D eigenvalue weighted by molar-refractivity contribution is 0.103. The molecule has 0 aliphatic rings. The van der Waals surface area contributed by atoms with Gasteiger partial charge >= 0.3 is 0 Å². The summed E-state index contributed by atoms with van der Waals surface area (Å²) in [5, 5.41) is 0. The summed E-state index contributed by atoms with van der Waals surface area (Å²) in [6.07, 6.45) is 12.9. The molecule has 0 saturated carbocycles. The average Bonchev–Trinajstić information content (AvgIpc) is 3.04. The van der Waals surface area contributed by atoms with Crippen LogP contribution >= 0.6 is 0 Å². The Balaban J connectivity index is 1.17. The Hall–Kier alpha value is -5.42. The summed E-state index contributed by atoms with van der Waals surface area (Å²) in [5.41, 5.74) is 3.13. The molecule has 4 rings (SSSR count). The minimum Gasteiger partial charge on any atom is -0.487 e. The van der Waals surface area contributed by atoms with Crippen molar-refractivity contribution in [3.8, 4) is 11.5 Å². The normalized spacial score (nSPS) is 13.0. The molecule has 2 atom stereocenters. The molecule has 0 N–H and O–H groups in total. The number of carbonyl (C=O) groups is 2. The SMILES string of the molecule is CC(C=COC=CC(C)Oc1ccc(C(=O)C=Cc2ccccc2)cc1)Oc1ccc(C(=O)C=Cc2ccccc2)cc1. The van der Waals surface area contributed by atoms with E-state index in [1.54, 1.807) is 97.5 Å². The Morgan fingerprint density at radius 2 is 0.907 bits per heavy atom. The van der Waals surface area contributed by atoms with E-state index in [1.165, 1.54) is 0 Å². The Kier molecular flexibility index (Phi) is 11.5. The van der Waals surface area contributed by atoms with Crippen molar-refractivity contribution in [1.82, 2.24) is 0 Å². The second kappa shape index (κ2) is 16.1. The predicted molar refractivity (Wildman–Crippen MR) is 172 cm³/mol. The summed E-state index contributed by atoms with van der Waals surface area (Å²) < 4.78 is 17.2. The quantitative estimate of drug-likeness (QED) is 0.0862. The van der Waals surface area contributed by atoms with Crippen molar-refractivity contribution >= 4 is 23.7 Å². The third-order valence-electron chi connectivity index (χ3n) is 6.23. The van der Waals surface area contributed by atoms with E-state index in [1.807, 2.05) is 74.5 Å². The van der Waals surface area contributed by atoms with Crippen LogP contribution < -0.4 is 9.47 Å². The number of carbonyl (C=O) groups excluding carboxylic acids is 2. The van der Waals surface area contributed by atoms with Gasteiger partial charge in [0, 0.05) is 11.1 Å². The molecule has 5 heteroatoms. The van der Waals surface area contributed by atoms with Crippen LogP contribution in [-0.2, 0) is 4.74 Å². The van der Waals surface area contributed by atoms with Gasteiger partial charge in [-0.05, 0) is 97.8 Å². The molecule has 2 unspecified atom stereocenters. The van der Waals surface area contributed by atoms with Gasteiger partial charge in [-0.3, -0.25) is 9.59 Å². The van der Waals surface area contributed by atoms with Gasteiger partial charge in [0.1, 0.15) is 23.7 Å². The Morgan fingerprint density at radius 3 is 1.28 bits per heavy atom. The van der Waals surface area contributed by atoms with Crippen LogP contribution in [0.15, 0.2) is 146 Å². The molecule has 0 heterocycles. The highest BCUT2D eigenvalue weighted by atomic mass is 16.5. The number of hydrogen-bond donors (Lipinski definition) is 0. The monoisotopic (exact) mass is 570 g/mol. The number of hydrogen-bond acceptors (Lipinski definition) is 5. The summed E-state index contributed by atoms with van der Waals surface area (Å²) in [6, 6.07) is 33.5. The molecule has 0 radical (unpaired) electrons. The fraction of sp³-hybridized carbons (Fsp3) is 0.105. The molecular weight excluding hydrogens is 536 g/mol. The summed E-state index contributed by atoms with van der Waals surface area (Å²) in [7, 11) is 0. The lowest BCUT2D eigenvalue weighted by Gasteiger charge is -2.11. The molecule has 0 saturated heterocycles. The van der Waals surface area contributed by atoms with E-state index in [9.17, 15) is 9.59 Å². The van der Waals surface area contributed by atoms with Gasteiger partial charge in [-0.25, -0.2) is 0 Å². The number of allylic oxidation sites excluding steroid dienone is 2. The maximum atomic E-state index is 12.4. The van der Waals surface area contributed by atoms with E-state index in [0.717, 1.165) is 11.1 Å². The van der Waals surface area contributed by atoms with E-state index in [2.05, 4.69) is 0 Å². The molecule has 0 amide bonds. The first-order chi connectivity index (χ1) is 21.0. The van der Waals surface area contributed by atoms with Gasteiger partial charge in [0.2, 0.25) is 0 Å². The lowest BCUT2D eigenvalue weighted by Crippen LogP contribution is -2.09. The average molecular weight is 571 g/mol. The number of benzene rings is 4. The first-order valence-corrected chi connectivity index (χ1v) is 14.0. The second-order valence-corrected chi connectivity index (χ2v) is 9.70. The van der Waals surface area contributed by atoms with Crippen molar-refractivity contribution in [2.75, 3.05) is 0 Å². The third-order valence-corrected chi connectivity index (χ3v) is 6.23. The van der Waals surface area contributed by atoms with Crippen LogP contribution in [-0.4, -0.2) is 23.8 Å². The first kappa shape index (κ1) is 30.5. The van der Waals surface area contributed by atoms with Crippen molar-refractivity contribution in [3.05, 3.63) is 168 Å². The zero-order chi connectivity index (χ0) is 30.3. The van der Waals surface area contributed by atoms with Crippen LogP contribution in [0.25, 0.3) is 12.2 Å². The predicted octanol–water partition coefficient (Wildman–Crippen LogP) is 8.76. The number of rotatable bonds is 14. The van der Waals surface area contributed by atoms with Crippen molar-refractivity contribution in [3.63, 3.8) is 0 Å². The zero-order valence-corrected chi connectivity index (χ0v) is 24.2. The van der Waals surface area contributed by atoms with Gasteiger partial charge in [0.25, 0.3) is 0 Å². The minimum absolute atomic E-state index is 0.0687. The fourth-order valence-corrected chi connectivity index (χ4v) is 3.93. The van der Waals surface area contributed by atoms with Crippen LogP contribution in [0.3, 0.4) is 0 Å². The Labute approximate surface area is 253 Å². The molecule has 5 nitrogen and oxygen atoms in total. The minimum atomic E-state index is -0.245. The van der Waals surface area contributed by atoms with Gasteiger partial charge in [0.15, 0.2) is 11.6 Å². The van der Waals surface area contributed by atoms with E-state index < -0.39 is 0 Å². The first-order valence-electron chi connectivity index (χ1n) is 14.0. The molecule has 0 aromatic heterocycles. The molecule has 0 spiro atoms. The van der Waals surface area contributed by atoms with Gasteiger partial charge in [-0.2, -0.15) is 0 Å². The largest absolute Gasteiger partial charge is 0.487 e. The molecular formula is C38H34O5. The second-order valence-electron chi connectivity index (χ2n) is 9.70. The summed E-state index contributed by atoms with van der Waals surface area (Å²) >= 11 is 0. The van der Waals surface area contributed by atoms with Gasteiger partial charge in [0.05, 0.1) is 12.5 Å². The maximum Gasteiger partial charge on any atom is 0.185 e. The number of ketones is 2. The Morgan fingerprint density at radius 1 is 0.535 bits per heavy atom. The number of ether oxygens (including phenoxy) is 3. The van der Waals surface area contributed by atoms with Crippen LogP contribution in [0.2, 0.25) is 0 Å². The summed E-state index contributed by atoms with van der Waals surface area (Å²) in [5.74, 6) is 1.16. The highest BCUT2D eigenvalue weighted by Gasteiger charge is 2.06. The van der Waals surface area contributed by atoms with E-state index in [0.29, 0.717) is 22.6 Å². The highest BCUT2D eigenvalue weighted by Crippen LogP contribution is 2.17. The molecule has 4 aromatic rings. The summed E-state index contributed by atoms with van der Waals surface area (Å²) in [4.78, 5) is 24.8. The van der Waals surface area contributed by atoms with Crippen LogP contribution in [0.4, 0.5) is 0 Å². The topological polar surface area (TPSA) is 61.8 Å². The van der Waals surface area contributed by atoms with E-state index in [4.69, 9.17) is 14.2 Å². The molecule has 0 fully saturated rings. The maximum absolute atomic E-state index is 12.4. The molecule has 4 aromatic carbocycles. The highest BCUT2D eigenvalue weighted by molar-refractivity contribution is 6.07. The van der Waals surface area contributed by atoms with Gasteiger partial charge in [-0.1, -0.05) is 72.8 Å². The van der Waals surface area contributed by atoms with Gasteiger partial charge in [-0.15, -0.1) is 0 Å². The van der Waals surface area contributed by atoms with Crippen molar-refractivity contribution in [2.45, 2.75) is 26.1 Å². The van der Waals surface area contributed by atoms with Gasteiger partial charge < -0.3 is 14.2 Å². The van der Waals surface area contributed by atoms with E-state index in [-0.39, 0.29) is 23.8 Å². The Bertz CT molecular complexity index is 1440. The van der Waals surface area contributed by atoms with Crippen molar-refractivity contribution in [2.24, 2.45) is 0 Å². The van der Waals surface area contributed by atoms with Crippen molar-refractivity contribution in [1.29, 1.82) is 0 Å². The third kappa shape index (κ3) is 10.5. The fourth-order valence-electron chi connectivity index (χ4n) is 3.93. The summed E-state index contributed by atoms with van der Waals surface area (Å²) in [6.45, 7) is 3.78. The standard InChI is InChI=1S/C38H34O5/c1-29(42-35-19-15-33(16-20-35)37(39)23-13-31-9-5-3-6-10-31)25-27-41-28-26-30(2)43-36-21-17-34(18-22-36)38(40)24-14-32-11-7-4-8-12-32/h3-30H,1-2H3. The van der Waals surface area contributed by atoms with E-state index >= 15 is 0 Å². The van der Waals surface area contributed by atoms with Crippen LogP contribution in [0, 0.1) is 0 Å². The zero-order valence-electron chi connectivity index (χ0n) is 24.2. The lowest BCUT2D eigenvalue weighted by atomic mass is 10.1.